The number of hydrogen-bond donors (Lipinski definition) is 0. The molecule has 2 bridgehead atoms. The van der Waals surface area contributed by atoms with Crippen LogP contribution in [0.15, 0.2) is 163 Å². The number of aryl methyl sites for hydroxylation is 3. The van der Waals surface area contributed by atoms with Crippen molar-refractivity contribution in [3.63, 3.8) is 0 Å². The first-order valence-corrected chi connectivity index (χ1v) is 22.3. The summed E-state index contributed by atoms with van der Waals surface area (Å²) in [6.45, 7) is 8.87. The Kier molecular flexibility index (Phi) is 8.37. The topological polar surface area (TPSA) is 43.6 Å². The minimum Gasteiger partial charge on any atom is -0.309 e. The van der Waals surface area contributed by atoms with E-state index < -0.39 is 0 Å². The molecule has 62 heavy (non-hydrogen) atoms. The van der Waals surface area contributed by atoms with Gasteiger partial charge in [-0.2, -0.15) is 0 Å². The van der Waals surface area contributed by atoms with Gasteiger partial charge in [0.05, 0.1) is 11.0 Å². The zero-order chi connectivity index (χ0) is 41.7. The number of nitrogens with zero attached hydrogens (tertiary/aromatic N) is 4. The van der Waals surface area contributed by atoms with Crippen LogP contribution in [0.1, 0.15) is 60.4 Å². The third-order valence-electron chi connectivity index (χ3n) is 14.2. The van der Waals surface area contributed by atoms with Crippen LogP contribution in [0.2, 0.25) is 0 Å². The zero-order valence-electron chi connectivity index (χ0n) is 35.8. The second-order valence-corrected chi connectivity index (χ2v) is 18.4. The van der Waals surface area contributed by atoms with Gasteiger partial charge in [0.2, 0.25) is 0 Å². The largest absolute Gasteiger partial charge is 0.309 e. The summed E-state index contributed by atoms with van der Waals surface area (Å²) in [5, 5.41) is 2.29. The second-order valence-electron chi connectivity index (χ2n) is 18.4. The molecule has 3 atom stereocenters. The summed E-state index contributed by atoms with van der Waals surface area (Å²) < 4.78 is 2.39. The molecular weight excluding hydrogens is 753 g/mol. The van der Waals surface area contributed by atoms with Gasteiger partial charge in [0, 0.05) is 38.6 Å². The highest BCUT2D eigenvalue weighted by atomic mass is 15.0. The van der Waals surface area contributed by atoms with Crippen molar-refractivity contribution in [2.75, 3.05) is 0 Å². The molecule has 300 valence electrons. The van der Waals surface area contributed by atoms with E-state index in [0.29, 0.717) is 23.4 Å². The molecule has 4 heteroatoms. The molecule has 12 rings (SSSR count). The van der Waals surface area contributed by atoms with Crippen LogP contribution in [0.4, 0.5) is 0 Å². The van der Waals surface area contributed by atoms with Crippen molar-refractivity contribution in [3.05, 3.63) is 191 Å². The lowest BCUT2D eigenvalue weighted by molar-refractivity contribution is 0.284. The van der Waals surface area contributed by atoms with E-state index >= 15 is 0 Å². The lowest BCUT2D eigenvalue weighted by Crippen LogP contribution is -2.36. The fraction of sp³-hybridized carbons (Fsp3) is 0.190. The van der Waals surface area contributed by atoms with Crippen molar-refractivity contribution >= 4 is 21.8 Å². The number of aromatic nitrogens is 4. The van der Waals surface area contributed by atoms with Gasteiger partial charge in [0.1, 0.15) is 0 Å². The number of benzene rings is 7. The van der Waals surface area contributed by atoms with Gasteiger partial charge in [0.25, 0.3) is 0 Å². The third kappa shape index (κ3) is 5.76. The highest BCUT2D eigenvalue weighted by molar-refractivity contribution is 6.16. The monoisotopic (exact) mass is 800 g/mol. The van der Waals surface area contributed by atoms with Crippen LogP contribution >= 0.6 is 0 Å². The van der Waals surface area contributed by atoms with E-state index in [1.54, 1.807) is 5.57 Å². The van der Waals surface area contributed by atoms with Crippen LogP contribution in [0.3, 0.4) is 0 Å². The maximum atomic E-state index is 5.27. The van der Waals surface area contributed by atoms with Gasteiger partial charge in [-0.25, -0.2) is 15.0 Å². The van der Waals surface area contributed by atoms with E-state index in [4.69, 9.17) is 15.0 Å². The summed E-state index contributed by atoms with van der Waals surface area (Å²) in [6, 6.07) is 55.8. The molecule has 1 spiro atoms. The Balaban J connectivity index is 1.08. The van der Waals surface area contributed by atoms with Crippen molar-refractivity contribution < 1.29 is 0 Å². The minimum atomic E-state index is -0.0244. The SMILES string of the molecule is Cc1ccc(-c2nc(-c3ccc(C)cc3)nc(-c3cccc4c3c3cc(-c5ccc6c(c5)-c5cc(C)ccc5C65CCC6CC5=CC(C)C6)ccc3n4-c3ccccc3)n2)cc1. The Labute approximate surface area is 363 Å². The molecule has 2 aromatic heterocycles. The molecule has 0 saturated heterocycles. The summed E-state index contributed by atoms with van der Waals surface area (Å²) in [5.41, 5.74) is 19.8. The molecule has 2 heterocycles. The van der Waals surface area contributed by atoms with E-state index in [0.717, 1.165) is 44.7 Å². The predicted molar refractivity (Wildman–Crippen MR) is 256 cm³/mol. The first-order chi connectivity index (χ1) is 30.3. The summed E-state index contributed by atoms with van der Waals surface area (Å²) >= 11 is 0. The minimum absolute atomic E-state index is 0.0244. The van der Waals surface area contributed by atoms with E-state index in [-0.39, 0.29) is 5.41 Å². The average molecular weight is 801 g/mol. The maximum absolute atomic E-state index is 5.27. The van der Waals surface area contributed by atoms with Crippen LogP contribution in [-0.2, 0) is 5.41 Å². The van der Waals surface area contributed by atoms with E-state index in [2.05, 4.69) is 190 Å². The molecule has 0 aliphatic heterocycles. The summed E-state index contributed by atoms with van der Waals surface area (Å²) in [6.07, 6.45) is 7.67. The first-order valence-electron chi connectivity index (χ1n) is 22.3. The molecule has 0 N–H and O–H groups in total. The Bertz CT molecular complexity index is 3220. The van der Waals surface area contributed by atoms with Gasteiger partial charge >= 0.3 is 0 Å². The smallest absolute Gasteiger partial charge is 0.164 e. The first kappa shape index (κ1) is 36.9. The molecule has 3 aliphatic rings. The molecule has 7 aromatic carbocycles. The molecule has 3 aliphatic carbocycles. The molecule has 4 nitrogen and oxygen atoms in total. The lowest BCUT2D eigenvalue weighted by atomic mass is 9.58. The number of fused-ring (bicyclic) bond motifs is 11. The van der Waals surface area contributed by atoms with Crippen LogP contribution < -0.4 is 0 Å². The van der Waals surface area contributed by atoms with Gasteiger partial charge < -0.3 is 4.57 Å². The third-order valence-corrected chi connectivity index (χ3v) is 14.2. The Morgan fingerprint density at radius 2 is 1.15 bits per heavy atom. The van der Waals surface area contributed by atoms with E-state index in [1.807, 2.05) is 0 Å². The number of allylic oxidation sites excluding steroid dienone is 2. The fourth-order valence-electron chi connectivity index (χ4n) is 11.3. The number of rotatable bonds is 5. The maximum Gasteiger partial charge on any atom is 0.164 e. The van der Waals surface area contributed by atoms with Crippen molar-refractivity contribution in [1.82, 2.24) is 19.5 Å². The summed E-state index contributed by atoms with van der Waals surface area (Å²) in [5.74, 6) is 3.42. The normalized spacial score (nSPS) is 18.9. The second kappa shape index (κ2) is 14.1. The van der Waals surface area contributed by atoms with E-state index in [9.17, 15) is 0 Å². The van der Waals surface area contributed by atoms with Crippen molar-refractivity contribution in [1.29, 1.82) is 0 Å². The molecule has 0 amide bonds. The zero-order valence-corrected chi connectivity index (χ0v) is 35.8. The van der Waals surface area contributed by atoms with Crippen molar-refractivity contribution in [2.45, 2.75) is 58.8 Å². The molecule has 9 aromatic rings. The molecule has 1 fully saturated rings. The van der Waals surface area contributed by atoms with Gasteiger partial charge in [0.15, 0.2) is 17.5 Å². The summed E-state index contributed by atoms with van der Waals surface area (Å²) in [7, 11) is 0. The highest BCUT2D eigenvalue weighted by Gasteiger charge is 2.49. The summed E-state index contributed by atoms with van der Waals surface area (Å²) in [4.78, 5) is 15.6. The molecule has 3 unspecified atom stereocenters. The van der Waals surface area contributed by atoms with Crippen molar-refractivity contribution in [2.24, 2.45) is 11.8 Å². The van der Waals surface area contributed by atoms with Gasteiger partial charge in [-0.3, -0.25) is 0 Å². The quantitative estimate of drug-likeness (QED) is 0.163. The van der Waals surface area contributed by atoms with Gasteiger partial charge in [-0.05, 0) is 128 Å². The average Bonchev–Trinajstić information content (AvgIpc) is 3.77. The van der Waals surface area contributed by atoms with E-state index in [1.165, 1.54) is 81.1 Å². The molecule has 1 saturated carbocycles. The Morgan fingerprint density at radius 3 is 1.87 bits per heavy atom. The number of para-hydroxylation sites is 1. The van der Waals surface area contributed by atoms with Crippen LogP contribution in [-0.4, -0.2) is 19.5 Å². The standard InChI is InChI=1S/C58H48N4/c1-35-13-18-40(19-14-35)55-59-56(41-20-15-36(2)16-21-41)61-57(60-55)46-11-8-12-53-54(46)49-34-43(23-26-52(49)62(53)45-9-6-5-7-10-45)42-22-25-51-48(33-42)47-31-37(3)17-24-50(47)58(51)28-27-39-29-38(4)30-44(58)32-39/h5-26,30-31,33-34,38-39H,27-29,32H2,1-4H3. The lowest BCUT2D eigenvalue weighted by Gasteiger charge is -2.45. The van der Waals surface area contributed by atoms with Crippen LogP contribution in [0, 0.1) is 32.6 Å². The highest BCUT2D eigenvalue weighted by Crippen LogP contribution is 2.61. The van der Waals surface area contributed by atoms with Gasteiger partial charge in [-0.1, -0.05) is 151 Å². The molecular formula is C58H48N4. The number of hydrogen-bond acceptors (Lipinski definition) is 3. The molecule has 0 radical (unpaired) electrons. The van der Waals surface area contributed by atoms with Crippen molar-refractivity contribution in [3.8, 4) is 62.1 Å². The van der Waals surface area contributed by atoms with Crippen LogP contribution in [0.5, 0.6) is 0 Å². The predicted octanol–water partition coefficient (Wildman–Crippen LogP) is 14.6. The Hall–Kier alpha value is -6.91. The van der Waals surface area contributed by atoms with Gasteiger partial charge in [-0.15, -0.1) is 0 Å². The Morgan fingerprint density at radius 1 is 0.532 bits per heavy atom. The fourth-order valence-corrected chi connectivity index (χ4v) is 11.3. The van der Waals surface area contributed by atoms with Crippen LogP contribution in [0.25, 0.3) is 83.9 Å².